The smallest absolute Gasteiger partial charge is 0.427 e. The van der Waals surface area contributed by atoms with Gasteiger partial charge in [0.05, 0.1) is 19.4 Å². The van der Waals surface area contributed by atoms with Crippen LogP contribution in [0.4, 0.5) is 9.59 Å². The Balaban J connectivity index is 0.000000371. The fourth-order valence-corrected chi connectivity index (χ4v) is 2.69. The van der Waals surface area contributed by atoms with E-state index < -0.39 is 35.3 Å². The normalized spacial score (nSPS) is 10.9. The third kappa shape index (κ3) is 11.8. The van der Waals surface area contributed by atoms with Gasteiger partial charge in [0.1, 0.15) is 15.8 Å². The van der Waals surface area contributed by atoms with Gasteiger partial charge in [0.2, 0.25) is 11.6 Å². The van der Waals surface area contributed by atoms with Crippen LogP contribution in [0.15, 0.2) is 23.2 Å². The molecule has 0 spiro atoms. The predicted octanol–water partition coefficient (Wildman–Crippen LogP) is 3.84. The van der Waals surface area contributed by atoms with Crippen molar-refractivity contribution in [1.82, 2.24) is 19.3 Å². The Morgan fingerprint density at radius 1 is 0.838 bits per heavy atom. The summed E-state index contributed by atoms with van der Waals surface area (Å²) in [5.74, 6) is -1.30. The number of nitrogens with zero attached hydrogens (tertiary/aromatic N) is 4. The molecule has 0 aliphatic carbocycles. The monoisotopic (exact) mass is 588 g/mol. The van der Waals surface area contributed by atoms with Crippen LogP contribution in [0.1, 0.15) is 76.6 Å². The van der Waals surface area contributed by atoms with Crippen LogP contribution < -0.4 is 10.9 Å². The Kier molecular flexibility index (Phi) is 11.6. The number of hydrogen-bond acceptors (Lipinski definition) is 10. The zero-order valence-electron chi connectivity index (χ0n) is 22.1. The highest BCUT2D eigenvalue weighted by molar-refractivity contribution is 9.10. The number of amides is 2. The quantitative estimate of drug-likeness (QED) is 0.374. The lowest BCUT2D eigenvalue weighted by Gasteiger charge is -2.20. The van der Waals surface area contributed by atoms with Crippen molar-refractivity contribution in [3.8, 4) is 0 Å². The highest BCUT2D eigenvalue weighted by atomic mass is 79.9. The number of carbonyl (C=O) groups is 4. The van der Waals surface area contributed by atoms with Crippen LogP contribution in [0.25, 0.3) is 0 Å². The van der Waals surface area contributed by atoms with Gasteiger partial charge in [-0.2, -0.15) is 0 Å². The second kappa shape index (κ2) is 13.6. The minimum Gasteiger partial charge on any atom is -0.460 e. The molecule has 14 nitrogen and oxygen atoms in total. The largest absolute Gasteiger partial charge is 0.460 e. The van der Waals surface area contributed by atoms with Gasteiger partial charge in [-0.1, -0.05) is 0 Å². The maximum Gasteiger partial charge on any atom is 0.427 e. The van der Waals surface area contributed by atoms with Gasteiger partial charge < -0.3 is 18.9 Å². The lowest BCUT2D eigenvalue weighted by Crippen LogP contribution is -2.33. The third-order valence-corrected chi connectivity index (χ3v) is 3.84. The van der Waals surface area contributed by atoms with E-state index >= 15 is 0 Å². The van der Waals surface area contributed by atoms with Gasteiger partial charge in [0, 0.05) is 12.4 Å². The molecular formula is C22H33BrN6O8. The standard InChI is InChI=1S/C11H16BrN3O4.C11H17N3O4/c1-5-18-9(16)8-13-7(12)6-15(8)14-10(17)19-11(2,3)4;1-5-17-9(15)8-12-6-7-14(8)13-10(16)18-11(2,3)4/h6H,5H2,1-4H3,(H,14,17);6-7H,5H2,1-4H3,(H,13,16). The molecule has 0 aliphatic rings. The fourth-order valence-electron chi connectivity index (χ4n) is 2.32. The van der Waals surface area contributed by atoms with Crippen molar-refractivity contribution in [2.75, 3.05) is 24.1 Å². The van der Waals surface area contributed by atoms with Gasteiger partial charge in [0.25, 0.3) is 0 Å². The van der Waals surface area contributed by atoms with E-state index in [1.54, 1.807) is 55.4 Å². The molecular weight excluding hydrogens is 556 g/mol. The van der Waals surface area contributed by atoms with E-state index in [1.165, 1.54) is 18.6 Å². The maximum atomic E-state index is 11.6. The number of carbonyl (C=O) groups excluding carboxylic acids is 4. The van der Waals surface area contributed by atoms with Gasteiger partial charge in [-0.3, -0.25) is 0 Å². The number of nitrogens with one attached hydrogen (secondary N) is 2. The molecule has 2 amide bonds. The molecule has 2 rings (SSSR count). The van der Waals surface area contributed by atoms with E-state index in [4.69, 9.17) is 18.9 Å². The summed E-state index contributed by atoms with van der Waals surface area (Å²) in [6, 6.07) is 0. The highest BCUT2D eigenvalue weighted by Gasteiger charge is 2.22. The van der Waals surface area contributed by atoms with Crippen molar-refractivity contribution in [1.29, 1.82) is 0 Å². The second-order valence-corrected chi connectivity index (χ2v) is 9.86. The Morgan fingerprint density at radius 2 is 1.30 bits per heavy atom. The number of aromatic nitrogens is 4. The molecule has 2 N–H and O–H groups in total. The van der Waals surface area contributed by atoms with Gasteiger partial charge in [-0.15, -0.1) is 0 Å². The molecule has 0 aliphatic heterocycles. The predicted molar refractivity (Wildman–Crippen MR) is 135 cm³/mol. The van der Waals surface area contributed by atoms with Crippen molar-refractivity contribution < 1.29 is 38.1 Å². The average molecular weight is 589 g/mol. The molecule has 0 fully saturated rings. The van der Waals surface area contributed by atoms with Crippen molar-refractivity contribution in [3.05, 3.63) is 34.8 Å². The molecule has 0 saturated carbocycles. The SMILES string of the molecule is CCOC(=O)c1nc(Br)cn1NC(=O)OC(C)(C)C.CCOC(=O)c1nccn1NC(=O)OC(C)(C)C. The van der Waals surface area contributed by atoms with Crippen molar-refractivity contribution in [3.63, 3.8) is 0 Å². The lowest BCUT2D eigenvalue weighted by molar-refractivity contribution is 0.0492. The Bertz CT molecular complexity index is 1080. The summed E-state index contributed by atoms with van der Waals surface area (Å²) in [5, 5.41) is 0. The summed E-state index contributed by atoms with van der Waals surface area (Å²) in [6.45, 7) is 14.3. The zero-order chi connectivity index (χ0) is 28.4. The molecule has 37 heavy (non-hydrogen) atoms. The molecule has 2 aromatic heterocycles. The molecule has 0 radical (unpaired) electrons. The molecule has 2 heterocycles. The summed E-state index contributed by atoms with van der Waals surface area (Å²) in [4.78, 5) is 54.0. The number of hydrogen-bond donors (Lipinski definition) is 2. The van der Waals surface area contributed by atoms with Crippen molar-refractivity contribution in [2.24, 2.45) is 0 Å². The summed E-state index contributed by atoms with van der Waals surface area (Å²) < 4.78 is 22.5. The Morgan fingerprint density at radius 3 is 1.76 bits per heavy atom. The summed E-state index contributed by atoms with van der Waals surface area (Å²) in [5.41, 5.74) is 3.52. The average Bonchev–Trinajstić information content (AvgIpc) is 3.32. The molecule has 0 atom stereocenters. The van der Waals surface area contributed by atoms with Crippen LogP contribution >= 0.6 is 15.9 Å². The Hall–Kier alpha value is -3.62. The first-order valence-corrected chi connectivity index (χ1v) is 12.0. The number of halogens is 1. The number of esters is 2. The molecule has 0 unspecified atom stereocenters. The molecule has 15 heteroatoms. The second-order valence-electron chi connectivity index (χ2n) is 9.05. The van der Waals surface area contributed by atoms with E-state index in [-0.39, 0.29) is 24.9 Å². The minimum absolute atomic E-state index is 0.0114. The third-order valence-electron chi connectivity index (χ3n) is 3.45. The van der Waals surface area contributed by atoms with Crippen molar-refractivity contribution in [2.45, 2.75) is 66.6 Å². The van der Waals surface area contributed by atoms with E-state index in [0.717, 1.165) is 9.35 Å². The van der Waals surface area contributed by atoms with Crippen LogP contribution in [0, 0.1) is 0 Å². The van der Waals surface area contributed by atoms with Gasteiger partial charge >= 0.3 is 24.1 Å². The van der Waals surface area contributed by atoms with E-state index in [9.17, 15) is 19.2 Å². The van der Waals surface area contributed by atoms with Crippen LogP contribution in [0.2, 0.25) is 0 Å². The van der Waals surface area contributed by atoms with Gasteiger partial charge in [0.15, 0.2) is 0 Å². The van der Waals surface area contributed by atoms with E-state index in [2.05, 4.69) is 36.7 Å². The summed E-state index contributed by atoms with van der Waals surface area (Å²) >= 11 is 3.12. The van der Waals surface area contributed by atoms with Crippen LogP contribution in [-0.2, 0) is 18.9 Å². The Labute approximate surface area is 223 Å². The van der Waals surface area contributed by atoms with Crippen LogP contribution in [-0.4, -0.2) is 67.9 Å². The summed E-state index contributed by atoms with van der Waals surface area (Å²) in [6.07, 6.45) is 2.87. The molecule has 0 bridgehead atoms. The first kappa shape index (κ1) is 31.4. The molecule has 0 aromatic carbocycles. The highest BCUT2D eigenvalue weighted by Crippen LogP contribution is 2.12. The van der Waals surface area contributed by atoms with Gasteiger partial charge in [-0.05, 0) is 71.3 Å². The van der Waals surface area contributed by atoms with Gasteiger partial charge in [-0.25, -0.2) is 49.3 Å². The fraction of sp³-hybridized carbons (Fsp3) is 0.545. The van der Waals surface area contributed by atoms with Crippen molar-refractivity contribution >= 4 is 40.1 Å². The van der Waals surface area contributed by atoms with E-state index in [1.807, 2.05) is 0 Å². The summed E-state index contributed by atoms with van der Waals surface area (Å²) in [7, 11) is 0. The first-order chi connectivity index (χ1) is 17.1. The van der Waals surface area contributed by atoms with Crippen LogP contribution in [0.5, 0.6) is 0 Å². The molecule has 0 saturated heterocycles. The maximum absolute atomic E-state index is 11.6. The van der Waals surface area contributed by atoms with E-state index in [0.29, 0.717) is 4.60 Å². The number of rotatable bonds is 6. The number of imidazole rings is 2. The molecule has 206 valence electrons. The zero-order valence-corrected chi connectivity index (χ0v) is 23.7. The first-order valence-electron chi connectivity index (χ1n) is 11.2. The molecule has 2 aromatic rings. The lowest BCUT2D eigenvalue weighted by atomic mass is 10.2. The minimum atomic E-state index is -0.692. The topological polar surface area (TPSA) is 165 Å². The van der Waals surface area contributed by atoms with Crippen LogP contribution in [0.3, 0.4) is 0 Å². The number of ether oxygens (including phenoxy) is 4.